The number of nitrogens with zero attached hydrogens (tertiary/aromatic N) is 2. The van der Waals surface area contributed by atoms with E-state index < -0.39 is 33.8 Å². The lowest BCUT2D eigenvalue weighted by Gasteiger charge is -2.05. The van der Waals surface area contributed by atoms with Crippen LogP contribution in [0, 0.1) is 20.2 Å². The molecule has 0 amide bonds. The Morgan fingerprint density at radius 2 is 2.00 bits per heavy atom. The fourth-order valence-electron chi connectivity index (χ4n) is 1.41. The van der Waals surface area contributed by atoms with Gasteiger partial charge in [-0.25, -0.2) is 0 Å². The Morgan fingerprint density at radius 3 is 2.53 bits per heavy atom. The van der Waals surface area contributed by atoms with E-state index >= 15 is 0 Å². The normalized spacial score (nSPS) is 9.95. The first kappa shape index (κ1) is 14.5. The maximum absolute atomic E-state index is 11.1. The van der Waals surface area contributed by atoms with Gasteiger partial charge in [0.25, 0.3) is 0 Å². The second-order valence-electron chi connectivity index (χ2n) is 3.49. The summed E-state index contributed by atoms with van der Waals surface area (Å²) in [6, 6.07) is 3.63. The summed E-state index contributed by atoms with van der Waals surface area (Å²) in [6.45, 7) is -0.443. The Labute approximate surface area is 107 Å². The fourth-order valence-corrected chi connectivity index (χ4v) is 1.41. The molecule has 0 fully saturated rings. The van der Waals surface area contributed by atoms with E-state index in [0.717, 1.165) is 6.07 Å². The van der Waals surface area contributed by atoms with Crippen molar-refractivity contribution in [2.45, 2.75) is 6.61 Å². The largest absolute Gasteiger partial charge is 0.460 e. The average molecular weight is 269 g/mol. The van der Waals surface area contributed by atoms with Crippen LogP contribution in [0.4, 0.5) is 11.4 Å². The smallest absolute Gasteiger partial charge is 0.352 e. The number of carbonyl (C=O) groups is 1. The highest BCUT2D eigenvalue weighted by Crippen LogP contribution is 2.30. The van der Waals surface area contributed by atoms with Gasteiger partial charge in [-0.2, -0.15) is 0 Å². The molecular weight excluding hydrogens is 258 g/mol. The van der Waals surface area contributed by atoms with Crippen LogP contribution in [0.15, 0.2) is 18.2 Å². The lowest BCUT2D eigenvalue weighted by Crippen LogP contribution is -2.20. The van der Waals surface area contributed by atoms with Crippen LogP contribution in [0.3, 0.4) is 0 Å². The van der Waals surface area contributed by atoms with Crippen molar-refractivity contribution < 1.29 is 19.4 Å². The van der Waals surface area contributed by atoms with Crippen LogP contribution >= 0.6 is 0 Å². The molecule has 0 aromatic heterocycles. The van der Waals surface area contributed by atoms with Gasteiger partial charge >= 0.3 is 17.3 Å². The molecule has 0 atom stereocenters. The fraction of sp³-hybridized carbons (Fsp3) is 0.300. The van der Waals surface area contributed by atoms with E-state index in [1.165, 1.54) is 19.2 Å². The van der Waals surface area contributed by atoms with Crippen molar-refractivity contribution in [1.82, 2.24) is 5.32 Å². The van der Waals surface area contributed by atoms with E-state index in [1.54, 1.807) is 0 Å². The van der Waals surface area contributed by atoms with Crippen molar-refractivity contribution in [3.63, 3.8) is 0 Å². The van der Waals surface area contributed by atoms with Gasteiger partial charge in [0, 0.05) is 6.07 Å². The standard InChI is InChI=1S/C10H11N3O6/c1-11-5-9(14)19-6-7-3-2-4-8(12(15)16)10(7)13(17)18/h2-4,11H,5-6H2,1H3. The van der Waals surface area contributed by atoms with Crippen molar-refractivity contribution in [3.05, 3.63) is 44.0 Å². The van der Waals surface area contributed by atoms with Crippen LogP contribution in [0.1, 0.15) is 5.56 Å². The topological polar surface area (TPSA) is 125 Å². The quantitative estimate of drug-likeness (QED) is 0.459. The molecule has 0 spiro atoms. The SMILES string of the molecule is CNCC(=O)OCc1cccc([N+](=O)[O-])c1[N+](=O)[O-]. The zero-order valence-electron chi connectivity index (χ0n) is 9.99. The van der Waals surface area contributed by atoms with E-state index in [1.807, 2.05) is 0 Å². The molecule has 102 valence electrons. The highest BCUT2D eigenvalue weighted by atomic mass is 16.6. The molecule has 1 N–H and O–H groups in total. The lowest BCUT2D eigenvalue weighted by molar-refractivity contribution is -0.423. The van der Waals surface area contributed by atoms with Crippen LogP contribution < -0.4 is 5.32 Å². The van der Waals surface area contributed by atoms with Gasteiger partial charge < -0.3 is 10.1 Å². The van der Waals surface area contributed by atoms with Gasteiger partial charge in [0.1, 0.15) is 6.61 Å². The molecule has 0 aliphatic rings. The molecule has 0 unspecified atom stereocenters. The van der Waals surface area contributed by atoms with Crippen LogP contribution in [0.5, 0.6) is 0 Å². The molecule has 0 aliphatic heterocycles. The third kappa shape index (κ3) is 3.71. The number of nitrogens with one attached hydrogen (secondary N) is 1. The summed E-state index contributed by atoms with van der Waals surface area (Å²) in [5.41, 5.74) is -1.32. The van der Waals surface area contributed by atoms with Crippen LogP contribution in [0.25, 0.3) is 0 Å². The van der Waals surface area contributed by atoms with Crippen LogP contribution in [-0.2, 0) is 16.1 Å². The Morgan fingerprint density at radius 1 is 1.32 bits per heavy atom. The Kier molecular flexibility index (Phi) is 4.89. The van der Waals surface area contributed by atoms with Crippen molar-refractivity contribution in [1.29, 1.82) is 0 Å². The number of likely N-dealkylation sites (N-methyl/N-ethyl adjacent to an activating group) is 1. The molecule has 0 bridgehead atoms. The number of ether oxygens (including phenoxy) is 1. The molecule has 19 heavy (non-hydrogen) atoms. The molecule has 1 aromatic rings. The summed E-state index contributed by atoms with van der Waals surface area (Å²) in [7, 11) is 1.54. The van der Waals surface area contributed by atoms with Gasteiger partial charge in [0.05, 0.1) is 22.0 Å². The van der Waals surface area contributed by atoms with Crippen molar-refractivity contribution >= 4 is 17.3 Å². The molecule has 0 radical (unpaired) electrons. The lowest BCUT2D eigenvalue weighted by atomic mass is 10.1. The van der Waals surface area contributed by atoms with E-state index in [4.69, 9.17) is 4.74 Å². The van der Waals surface area contributed by atoms with Gasteiger partial charge in [0.2, 0.25) is 0 Å². The Balaban J connectivity index is 3.00. The van der Waals surface area contributed by atoms with E-state index in [-0.39, 0.29) is 12.1 Å². The van der Waals surface area contributed by atoms with E-state index in [9.17, 15) is 25.0 Å². The maximum Gasteiger partial charge on any atom is 0.352 e. The predicted octanol–water partition coefficient (Wildman–Crippen LogP) is 0.766. The number of carbonyl (C=O) groups excluding carboxylic acids is 1. The molecule has 0 aliphatic carbocycles. The molecule has 0 saturated heterocycles. The van der Waals surface area contributed by atoms with Crippen molar-refractivity contribution in [2.75, 3.05) is 13.6 Å². The first-order chi connectivity index (χ1) is 8.97. The summed E-state index contributed by atoms with van der Waals surface area (Å²) in [5.74, 6) is -0.608. The summed E-state index contributed by atoms with van der Waals surface area (Å²) in [5, 5.41) is 24.1. The highest BCUT2D eigenvalue weighted by Gasteiger charge is 2.28. The van der Waals surface area contributed by atoms with Gasteiger partial charge in [-0.05, 0) is 13.1 Å². The van der Waals surface area contributed by atoms with E-state index in [2.05, 4.69) is 5.32 Å². The molecule has 0 heterocycles. The predicted molar refractivity (Wildman–Crippen MR) is 63.5 cm³/mol. The summed E-state index contributed by atoms with van der Waals surface area (Å²) < 4.78 is 4.77. The van der Waals surface area contributed by atoms with Crippen molar-refractivity contribution in [3.8, 4) is 0 Å². The summed E-state index contributed by atoms with van der Waals surface area (Å²) >= 11 is 0. The zero-order chi connectivity index (χ0) is 14.4. The number of nitro groups is 2. The highest BCUT2D eigenvalue weighted by molar-refractivity contribution is 5.71. The molecule has 9 nitrogen and oxygen atoms in total. The van der Waals surface area contributed by atoms with E-state index in [0.29, 0.717) is 0 Å². The second kappa shape index (κ2) is 6.40. The third-order valence-electron chi connectivity index (χ3n) is 2.19. The van der Waals surface area contributed by atoms with Crippen molar-refractivity contribution in [2.24, 2.45) is 0 Å². The molecule has 0 saturated carbocycles. The molecular formula is C10H11N3O6. The monoisotopic (exact) mass is 269 g/mol. The summed E-state index contributed by atoms with van der Waals surface area (Å²) in [6.07, 6.45) is 0. The number of para-hydroxylation sites is 1. The van der Waals surface area contributed by atoms with Gasteiger partial charge in [-0.15, -0.1) is 0 Å². The number of benzene rings is 1. The van der Waals surface area contributed by atoms with Crippen LogP contribution in [0.2, 0.25) is 0 Å². The summed E-state index contributed by atoms with van der Waals surface area (Å²) in [4.78, 5) is 31.0. The number of rotatable bonds is 6. The first-order valence-electron chi connectivity index (χ1n) is 5.18. The number of nitro benzene ring substituents is 2. The molecule has 9 heteroatoms. The number of hydrogen-bond donors (Lipinski definition) is 1. The Bertz CT molecular complexity index is 516. The first-order valence-corrected chi connectivity index (χ1v) is 5.18. The Hall–Kier alpha value is -2.55. The zero-order valence-corrected chi connectivity index (χ0v) is 9.99. The number of hydrogen-bond acceptors (Lipinski definition) is 7. The maximum atomic E-state index is 11.1. The molecule has 1 aromatic carbocycles. The minimum absolute atomic E-state index is 0.0244. The van der Waals surface area contributed by atoms with Gasteiger partial charge in [0.15, 0.2) is 0 Å². The van der Waals surface area contributed by atoms with Crippen LogP contribution in [-0.4, -0.2) is 29.4 Å². The minimum Gasteiger partial charge on any atom is -0.460 e. The van der Waals surface area contributed by atoms with Gasteiger partial charge in [-0.3, -0.25) is 25.0 Å². The minimum atomic E-state index is -0.862. The average Bonchev–Trinajstić information content (AvgIpc) is 2.35. The molecule has 1 rings (SSSR count). The van der Waals surface area contributed by atoms with Gasteiger partial charge in [-0.1, -0.05) is 6.07 Å². The number of esters is 1. The second-order valence-corrected chi connectivity index (χ2v) is 3.49. The third-order valence-corrected chi connectivity index (χ3v) is 2.19.